The standard InChI is InChI=1S/C14H11BrClNO/c1-9-3-2-4-13(17-9)14(18)7-10-5-6-11(15)8-12(10)16/h2-6,8H,7H2,1H3. The van der Waals surface area contributed by atoms with Crippen LogP contribution in [0.15, 0.2) is 40.9 Å². The molecule has 0 aliphatic heterocycles. The van der Waals surface area contributed by atoms with Crippen molar-refractivity contribution in [2.45, 2.75) is 13.3 Å². The SMILES string of the molecule is Cc1cccc(C(=O)Cc2ccc(Br)cc2Cl)n1. The van der Waals surface area contributed by atoms with Gasteiger partial charge in [-0.2, -0.15) is 0 Å². The number of benzene rings is 1. The van der Waals surface area contributed by atoms with Crippen LogP contribution in [0, 0.1) is 6.92 Å². The first kappa shape index (κ1) is 13.2. The molecule has 0 amide bonds. The molecule has 2 nitrogen and oxygen atoms in total. The topological polar surface area (TPSA) is 30.0 Å². The first-order valence-corrected chi connectivity index (χ1v) is 6.64. The van der Waals surface area contributed by atoms with Crippen LogP contribution in [0.4, 0.5) is 0 Å². The van der Waals surface area contributed by atoms with Crippen molar-refractivity contribution in [3.8, 4) is 0 Å². The summed E-state index contributed by atoms with van der Waals surface area (Å²) in [7, 11) is 0. The Kier molecular flexibility index (Phi) is 4.15. The molecule has 0 radical (unpaired) electrons. The van der Waals surface area contributed by atoms with Gasteiger partial charge in [-0.05, 0) is 36.8 Å². The second kappa shape index (κ2) is 5.63. The largest absolute Gasteiger partial charge is 0.292 e. The van der Waals surface area contributed by atoms with Crippen molar-refractivity contribution in [3.05, 3.63) is 62.8 Å². The van der Waals surface area contributed by atoms with Crippen LogP contribution in [-0.2, 0) is 6.42 Å². The molecule has 0 N–H and O–H groups in total. The number of hydrogen-bond donors (Lipinski definition) is 0. The lowest BCUT2D eigenvalue weighted by molar-refractivity contribution is 0.0988. The zero-order valence-corrected chi connectivity index (χ0v) is 12.1. The van der Waals surface area contributed by atoms with E-state index < -0.39 is 0 Å². The Morgan fingerprint density at radius 1 is 1.33 bits per heavy atom. The molecule has 0 aliphatic carbocycles. The second-order valence-corrected chi connectivity index (χ2v) is 5.32. The minimum absolute atomic E-state index is 0.0251. The third kappa shape index (κ3) is 3.18. The van der Waals surface area contributed by atoms with Crippen LogP contribution in [0.1, 0.15) is 21.7 Å². The maximum absolute atomic E-state index is 12.1. The van der Waals surface area contributed by atoms with Gasteiger partial charge in [0.1, 0.15) is 5.69 Å². The highest BCUT2D eigenvalue weighted by atomic mass is 79.9. The van der Waals surface area contributed by atoms with Gasteiger partial charge in [-0.3, -0.25) is 9.78 Å². The number of Topliss-reactive ketones (excluding diaryl/α,β-unsaturated/α-hetero) is 1. The van der Waals surface area contributed by atoms with Gasteiger partial charge in [-0.15, -0.1) is 0 Å². The summed E-state index contributed by atoms with van der Waals surface area (Å²) >= 11 is 9.42. The van der Waals surface area contributed by atoms with Crippen LogP contribution in [0.3, 0.4) is 0 Å². The molecule has 1 heterocycles. The fraction of sp³-hybridized carbons (Fsp3) is 0.143. The number of hydrogen-bond acceptors (Lipinski definition) is 2. The summed E-state index contributed by atoms with van der Waals surface area (Å²) in [4.78, 5) is 16.3. The predicted octanol–water partition coefficient (Wildman–Crippen LogP) is 4.23. The first-order valence-electron chi connectivity index (χ1n) is 5.47. The Morgan fingerprint density at radius 3 is 2.78 bits per heavy atom. The van der Waals surface area contributed by atoms with Crippen LogP contribution >= 0.6 is 27.5 Å². The number of pyridine rings is 1. The quantitative estimate of drug-likeness (QED) is 0.791. The number of rotatable bonds is 3. The van der Waals surface area contributed by atoms with Gasteiger partial charge in [0.25, 0.3) is 0 Å². The number of carbonyl (C=O) groups is 1. The average Bonchev–Trinajstić information content (AvgIpc) is 2.32. The van der Waals surface area contributed by atoms with Crippen molar-refractivity contribution < 1.29 is 4.79 Å². The Morgan fingerprint density at radius 2 is 2.11 bits per heavy atom. The minimum Gasteiger partial charge on any atom is -0.292 e. The van der Waals surface area contributed by atoms with Crippen molar-refractivity contribution in [3.63, 3.8) is 0 Å². The van der Waals surface area contributed by atoms with Crippen molar-refractivity contribution in [1.29, 1.82) is 0 Å². The molecule has 1 aromatic heterocycles. The van der Waals surface area contributed by atoms with Gasteiger partial charge in [-0.25, -0.2) is 0 Å². The number of carbonyl (C=O) groups excluding carboxylic acids is 1. The van der Waals surface area contributed by atoms with Gasteiger partial charge < -0.3 is 0 Å². The van der Waals surface area contributed by atoms with Gasteiger partial charge in [0.05, 0.1) is 0 Å². The lowest BCUT2D eigenvalue weighted by atomic mass is 10.1. The van der Waals surface area contributed by atoms with Gasteiger partial charge in [0.15, 0.2) is 5.78 Å². The molecule has 1 aromatic carbocycles. The van der Waals surface area contributed by atoms with E-state index in [9.17, 15) is 4.79 Å². The van der Waals surface area contributed by atoms with E-state index in [4.69, 9.17) is 11.6 Å². The Labute approximate surface area is 119 Å². The van der Waals surface area contributed by atoms with Crippen LogP contribution in [0.5, 0.6) is 0 Å². The molecular formula is C14H11BrClNO. The van der Waals surface area contributed by atoms with E-state index in [2.05, 4.69) is 20.9 Å². The number of aromatic nitrogens is 1. The summed E-state index contributed by atoms with van der Waals surface area (Å²) < 4.78 is 0.900. The van der Waals surface area contributed by atoms with E-state index in [-0.39, 0.29) is 12.2 Å². The summed E-state index contributed by atoms with van der Waals surface area (Å²) in [5.74, 6) is -0.0251. The molecule has 0 aliphatic rings. The molecule has 0 saturated carbocycles. The number of halogens is 2. The van der Waals surface area contributed by atoms with Crippen molar-refractivity contribution in [2.24, 2.45) is 0 Å². The molecule has 0 fully saturated rings. The molecule has 92 valence electrons. The van der Waals surface area contributed by atoms with Crippen molar-refractivity contribution in [2.75, 3.05) is 0 Å². The predicted molar refractivity (Wildman–Crippen MR) is 76.2 cm³/mol. The number of aryl methyl sites for hydroxylation is 1. The molecule has 0 unspecified atom stereocenters. The van der Waals surface area contributed by atoms with E-state index >= 15 is 0 Å². The van der Waals surface area contributed by atoms with Crippen molar-refractivity contribution >= 4 is 33.3 Å². The summed E-state index contributed by atoms with van der Waals surface area (Å²) in [5, 5.41) is 0.588. The molecule has 2 rings (SSSR count). The van der Waals surface area contributed by atoms with E-state index in [0.29, 0.717) is 10.7 Å². The zero-order chi connectivity index (χ0) is 13.1. The Bertz CT molecular complexity index is 598. The zero-order valence-electron chi connectivity index (χ0n) is 9.78. The van der Waals surface area contributed by atoms with Gasteiger partial charge >= 0.3 is 0 Å². The third-order valence-corrected chi connectivity index (χ3v) is 3.39. The number of ketones is 1. The molecule has 0 bridgehead atoms. The highest BCUT2D eigenvalue weighted by Crippen LogP contribution is 2.22. The molecular weight excluding hydrogens is 314 g/mol. The van der Waals surface area contributed by atoms with Gasteiger partial charge in [0, 0.05) is 21.6 Å². The van der Waals surface area contributed by atoms with Gasteiger partial charge in [0.2, 0.25) is 0 Å². The van der Waals surface area contributed by atoms with Crippen LogP contribution in [0.25, 0.3) is 0 Å². The van der Waals surface area contributed by atoms with Crippen molar-refractivity contribution in [1.82, 2.24) is 4.98 Å². The highest BCUT2D eigenvalue weighted by molar-refractivity contribution is 9.10. The Hall–Kier alpha value is -1.19. The van der Waals surface area contributed by atoms with E-state index in [1.54, 1.807) is 12.1 Å². The van der Waals surface area contributed by atoms with E-state index in [0.717, 1.165) is 15.7 Å². The Balaban J connectivity index is 2.21. The lowest BCUT2D eigenvalue weighted by Crippen LogP contribution is -2.06. The fourth-order valence-corrected chi connectivity index (χ4v) is 2.37. The third-order valence-electron chi connectivity index (χ3n) is 2.54. The second-order valence-electron chi connectivity index (χ2n) is 4.00. The molecule has 2 aromatic rings. The molecule has 0 spiro atoms. The fourth-order valence-electron chi connectivity index (χ4n) is 1.63. The molecule has 0 atom stereocenters. The molecule has 0 saturated heterocycles. The summed E-state index contributed by atoms with van der Waals surface area (Å²) in [6, 6.07) is 10.9. The maximum atomic E-state index is 12.1. The highest BCUT2D eigenvalue weighted by Gasteiger charge is 2.11. The summed E-state index contributed by atoms with van der Waals surface area (Å²) in [6.07, 6.45) is 0.266. The van der Waals surface area contributed by atoms with Crippen LogP contribution in [-0.4, -0.2) is 10.8 Å². The van der Waals surface area contributed by atoms with E-state index in [1.165, 1.54) is 0 Å². The van der Waals surface area contributed by atoms with Gasteiger partial charge in [-0.1, -0.05) is 39.7 Å². The molecule has 4 heteroatoms. The van der Waals surface area contributed by atoms with Crippen LogP contribution < -0.4 is 0 Å². The van der Waals surface area contributed by atoms with Crippen LogP contribution in [0.2, 0.25) is 5.02 Å². The maximum Gasteiger partial charge on any atom is 0.185 e. The molecule has 18 heavy (non-hydrogen) atoms. The first-order chi connectivity index (χ1) is 8.56. The lowest BCUT2D eigenvalue weighted by Gasteiger charge is -2.04. The normalized spacial score (nSPS) is 10.4. The minimum atomic E-state index is -0.0251. The average molecular weight is 325 g/mol. The van der Waals surface area contributed by atoms with E-state index in [1.807, 2.05) is 31.2 Å². The summed E-state index contributed by atoms with van der Waals surface area (Å²) in [5.41, 5.74) is 2.13. The number of nitrogens with zero attached hydrogens (tertiary/aromatic N) is 1. The monoisotopic (exact) mass is 323 g/mol. The smallest absolute Gasteiger partial charge is 0.185 e. The summed E-state index contributed by atoms with van der Waals surface area (Å²) in [6.45, 7) is 1.86.